The Bertz CT molecular complexity index is 782. The fraction of sp³-hybridized carbons (Fsp3) is 0.714. The minimum atomic E-state index is -0.180. The number of ether oxygens (including phenoxy) is 1. The Balaban J connectivity index is 1.18. The van der Waals surface area contributed by atoms with Gasteiger partial charge in [0.05, 0.1) is 5.92 Å². The van der Waals surface area contributed by atoms with Crippen LogP contribution in [0.1, 0.15) is 25.0 Å². The van der Waals surface area contributed by atoms with Crippen molar-refractivity contribution < 1.29 is 14.3 Å². The lowest BCUT2D eigenvalue weighted by molar-refractivity contribution is -0.135. The van der Waals surface area contributed by atoms with Crippen LogP contribution < -0.4 is 4.90 Å². The van der Waals surface area contributed by atoms with Gasteiger partial charge >= 0.3 is 0 Å². The van der Waals surface area contributed by atoms with E-state index in [1.807, 2.05) is 29.0 Å². The lowest BCUT2D eigenvalue weighted by Crippen LogP contribution is -2.42. The van der Waals surface area contributed by atoms with Gasteiger partial charge in [-0.3, -0.25) is 9.59 Å². The average Bonchev–Trinajstić information content (AvgIpc) is 3.41. The van der Waals surface area contributed by atoms with E-state index in [4.69, 9.17) is 4.74 Å². The van der Waals surface area contributed by atoms with Crippen molar-refractivity contribution in [2.24, 2.45) is 17.8 Å². The summed E-state index contributed by atoms with van der Waals surface area (Å²) in [5.74, 6) is 1.85. The second-order valence-corrected chi connectivity index (χ2v) is 8.96. The van der Waals surface area contributed by atoms with E-state index in [1.165, 1.54) is 0 Å². The number of aryl methyl sites for hydroxylation is 1. The second kappa shape index (κ2) is 7.55. The summed E-state index contributed by atoms with van der Waals surface area (Å²) in [6.07, 6.45) is 3.95. The van der Waals surface area contributed by atoms with Crippen LogP contribution in [0, 0.1) is 24.7 Å². The highest BCUT2D eigenvalue weighted by Crippen LogP contribution is 2.35. The summed E-state index contributed by atoms with van der Waals surface area (Å²) in [7, 11) is 0. The molecule has 0 radical (unpaired) electrons. The van der Waals surface area contributed by atoms with Gasteiger partial charge in [0.1, 0.15) is 0 Å². The van der Waals surface area contributed by atoms with Crippen LogP contribution >= 0.6 is 0 Å². The van der Waals surface area contributed by atoms with Gasteiger partial charge in [0, 0.05) is 82.1 Å². The number of carbonyl (C=O) groups is 2. The zero-order valence-corrected chi connectivity index (χ0v) is 17.0. The highest BCUT2D eigenvalue weighted by atomic mass is 16.5. The smallest absolute Gasteiger partial charge is 0.228 e. The van der Waals surface area contributed by atoms with E-state index in [9.17, 15) is 9.59 Å². The molecule has 0 spiro atoms. The molecular formula is C21H29N5O3. The summed E-state index contributed by atoms with van der Waals surface area (Å²) in [5, 5.41) is 0. The molecular weight excluding hydrogens is 370 g/mol. The number of fused-ring (bicyclic) bond motifs is 1. The second-order valence-electron chi connectivity index (χ2n) is 8.96. The first-order chi connectivity index (χ1) is 14.1. The zero-order valence-electron chi connectivity index (χ0n) is 17.0. The molecule has 5 heterocycles. The molecule has 4 aliphatic heterocycles. The molecule has 0 aliphatic carbocycles. The number of amides is 2. The summed E-state index contributed by atoms with van der Waals surface area (Å²) in [6.45, 7) is 7.35. The van der Waals surface area contributed by atoms with Gasteiger partial charge in [-0.25, -0.2) is 9.97 Å². The van der Waals surface area contributed by atoms with Crippen LogP contribution in [0.4, 0.5) is 5.95 Å². The highest BCUT2D eigenvalue weighted by molar-refractivity contribution is 5.89. The summed E-state index contributed by atoms with van der Waals surface area (Å²) in [4.78, 5) is 40.8. The predicted molar refractivity (Wildman–Crippen MR) is 106 cm³/mol. The first-order valence-electron chi connectivity index (χ1n) is 10.8. The molecule has 3 unspecified atom stereocenters. The number of nitrogens with zero attached hydrogens (tertiary/aromatic N) is 5. The Kier molecular flexibility index (Phi) is 4.89. The van der Waals surface area contributed by atoms with E-state index in [-0.39, 0.29) is 23.8 Å². The largest absolute Gasteiger partial charge is 0.381 e. The van der Waals surface area contributed by atoms with E-state index < -0.39 is 0 Å². The number of rotatable bonds is 3. The Hall–Kier alpha value is -2.22. The molecule has 4 fully saturated rings. The summed E-state index contributed by atoms with van der Waals surface area (Å²) < 4.78 is 5.41. The Morgan fingerprint density at radius 2 is 1.83 bits per heavy atom. The maximum atomic E-state index is 13.1. The van der Waals surface area contributed by atoms with Gasteiger partial charge in [-0.1, -0.05) is 0 Å². The molecule has 0 aromatic carbocycles. The monoisotopic (exact) mass is 399 g/mol. The Labute approximate surface area is 171 Å². The van der Waals surface area contributed by atoms with Crippen molar-refractivity contribution in [3.63, 3.8) is 0 Å². The number of carbonyl (C=O) groups excluding carboxylic acids is 2. The first-order valence-corrected chi connectivity index (χ1v) is 10.8. The van der Waals surface area contributed by atoms with Crippen LogP contribution in [0.5, 0.6) is 0 Å². The van der Waals surface area contributed by atoms with Crippen LogP contribution in [-0.4, -0.2) is 83.6 Å². The summed E-state index contributed by atoms with van der Waals surface area (Å²) in [6, 6.07) is 2.16. The standard InChI is InChI=1S/C21H29N5O3/c1-14-2-5-22-21(23-14)25-11-16-9-24(10-17(16)12-25)20(28)15-8-19(27)26(13-15)18-3-6-29-7-4-18/h2,5,15-18H,3-4,6-13H2,1H3. The van der Waals surface area contributed by atoms with Crippen molar-refractivity contribution >= 4 is 17.8 Å². The summed E-state index contributed by atoms with van der Waals surface area (Å²) in [5.41, 5.74) is 0.976. The number of likely N-dealkylation sites (tertiary alicyclic amines) is 2. The van der Waals surface area contributed by atoms with Crippen LogP contribution in [0.3, 0.4) is 0 Å². The molecule has 2 amide bonds. The average molecular weight is 399 g/mol. The zero-order chi connectivity index (χ0) is 20.0. The predicted octanol–water partition coefficient (Wildman–Crippen LogP) is 0.707. The minimum absolute atomic E-state index is 0.136. The maximum Gasteiger partial charge on any atom is 0.228 e. The third kappa shape index (κ3) is 3.58. The topological polar surface area (TPSA) is 78.9 Å². The molecule has 0 bridgehead atoms. The van der Waals surface area contributed by atoms with Crippen molar-refractivity contribution in [3.8, 4) is 0 Å². The highest BCUT2D eigenvalue weighted by Gasteiger charge is 2.46. The number of anilines is 1. The fourth-order valence-corrected chi connectivity index (χ4v) is 5.43. The molecule has 0 N–H and O–H groups in total. The fourth-order valence-electron chi connectivity index (χ4n) is 5.43. The minimum Gasteiger partial charge on any atom is -0.381 e. The molecule has 8 nitrogen and oxygen atoms in total. The van der Waals surface area contributed by atoms with Crippen molar-refractivity contribution in [2.45, 2.75) is 32.2 Å². The normalized spacial score (nSPS) is 30.3. The third-order valence-electron chi connectivity index (χ3n) is 7.00. The SMILES string of the molecule is Cc1ccnc(N2CC3CN(C(=O)C4CC(=O)N(C5CCOCC5)C4)CC3C2)n1. The van der Waals surface area contributed by atoms with Crippen LogP contribution in [0.25, 0.3) is 0 Å². The van der Waals surface area contributed by atoms with Crippen molar-refractivity contribution in [1.29, 1.82) is 0 Å². The lowest BCUT2D eigenvalue weighted by atomic mass is 10.0. The van der Waals surface area contributed by atoms with Crippen molar-refractivity contribution in [1.82, 2.24) is 19.8 Å². The number of hydrogen-bond acceptors (Lipinski definition) is 6. The molecule has 5 rings (SSSR count). The molecule has 1 aromatic heterocycles. The molecule has 0 saturated carbocycles. The molecule has 4 saturated heterocycles. The van der Waals surface area contributed by atoms with Gasteiger partial charge in [-0.05, 0) is 25.8 Å². The maximum absolute atomic E-state index is 13.1. The lowest BCUT2D eigenvalue weighted by Gasteiger charge is -2.31. The summed E-state index contributed by atoms with van der Waals surface area (Å²) >= 11 is 0. The van der Waals surface area contributed by atoms with Crippen LogP contribution in [-0.2, 0) is 14.3 Å². The van der Waals surface area contributed by atoms with E-state index in [1.54, 1.807) is 0 Å². The van der Waals surface area contributed by atoms with Crippen molar-refractivity contribution in [3.05, 3.63) is 18.0 Å². The van der Waals surface area contributed by atoms with Gasteiger partial charge in [0.2, 0.25) is 17.8 Å². The van der Waals surface area contributed by atoms with E-state index >= 15 is 0 Å². The molecule has 8 heteroatoms. The number of aromatic nitrogens is 2. The van der Waals surface area contributed by atoms with Crippen LogP contribution in [0.15, 0.2) is 12.3 Å². The van der Waals surface area contributed by atoms with E-state index in [0.717, 1.165) is 50.7 Å². The quantitative estimate of drug-likeness (QED) is 0.745. The van der Waals surface area contributed by atoms with E-state index in [0.29, 0.717) is 38.0 Å². The van der Waals surface area contributed by atoms with Gasteiger partial charge in [0.25, 0.3) is 0 Å². The third-order valence-corrected chi connectivity index (χ3v) is 7.00. The molecule has 1 aromatic rings. The van der Waals surface area contributed by atoms with Gasteiger partial charge in [-0.15, -0.1) is 0 Å². The van der Waals surface area contributed by atoms with E-state index in [2.05, 4.69) is 14.9 Å². The molecule has 29 heavy (non-hydrogen) atoms. The number of hydrogen-bond donors (Lipinski definition) is 0. The van der Waals surface area contributed by atoms with Gasteiger partial charge in [0.15, 0.2) is 0 Å². The van der Waals surface area contributed by atoms with Crippen molar-refractivity contribution in [2.75, 3.05) is 50.8 Å². The Morgan fingerprint density at radius 3 is 2.52 bits per heavy atom. The van der Waals surface area contributed by atoms with Gasteiger partial charge < -0.3 is 19.4 Å². The molecule has 4 aliphatic rings. The molecule has 3 atom stereocenters. The first kappa shape index (κ1) is 18.8. The van der Waals surface area contributed by atoms with Gasteiger partial charge in [-0.2, -0.15) is 0 Å². The van der Waals surface area contributed by atoms with Crippen LogP contribution in [0.2, 0.25) is 0 Å². The Morgan fingerprint density at radius 1 is 1.10 bits per heavy atom. The molecule has 156 valence electrons.